The van der Waals surface area contributed by atoms with E-state index < -0.39 is 12.6 Å². The molecule has 0 aromatic heterocycles. The van der Waals surface area contributed by atoms with Gasteiger partial charge in [-0.1, -0.05) is 30.1 Å². The van der Waals surface area contributed by atoms with Gasteiger partial charge in [0.15, 0.2) is 12.4 Å². The molecule has 0 fully saturated rings. The first kappa shape index (κ1) is 22.0. The summed E-state index contributed by atoms with van der Waals surface area (Å²) in [6.07, 6.45) is 0.683. The largest absolute Gasteiger partial charge is 0.480 e. The predicted octanol–water partition coefficient (Wildman–Crippen LogP) is 3.65. The monoisotopic (exact) mass is 383 g/mol. The highest BCUT2D eigenvalue weighted by Crippen LogP contribution is 2.36. The second-order valence-corrected chi connectivity index (χ2v) is 5.91. The van der Waals surface area contributed by atoms with Crippen molar-refractivity contribution in [3.8, 4) is 5.75 Å². The summed E-state index contributed by atoms with van der Waals surface area (Å²) in [4.78, 5) is 25.0. The number of aliphatic carboxylic acids is 1. The molecular formula is C15H20Cl3NO4. The molecule has 1 N–H and O–H groups in total. The Bertz CT molecular complexity index is 564. The fourth-order valence-corrected chi connectivity index (χ4v) is 2.50. The van der Waals surface area contributed by atoms with Crippen molar-refractivity contribution in [1.82, 2.24) is 4.90 Å². The van der Waals surface area contributed by atoms with E-state index in [1.54, 1.807) is 0 Å². The number of halogens is 3. The summed E-state index contributed by atoms with van der Waals surface area (Å²) >= 11 is 12.2. The zero-order valence-electron chi connectivity index (χ0n) is 13.1. The first-order valence-electron chi connectivity index (χ1n) is 6.79. The zero-order chi connectivity index (χ0) is 16.9. The molecule has 1 aromatic rings. The van der Waals surface area contributed by atoms with E-state index in [4.69, 9.17) is 33.0 Å². The SMILES string of the molecule is CCC(CN(C)C)C(=O)c1ccc(OCC(=O)O)c(Cl)c1Cl.Cl. The summed E-state index contributed by atoms with van der Waals surface area (Å²) in [5, 5.41) is 8.75. The maximum Gasteiger partial charge on any atom is 0.341 e. The van der Waals surface area contributed by atoms with Gasteiger partial charge >= 0.3 is 5.97 Å². The van der Waals surface area contributed by atoms with Crippen molar-refractivity contribution in [2.24, 2.45) is 5.92 Å². The van der Waals surface area contributed by atoms with Gasteiger partial charge in [0.05, 0.1) is 5.02 Å². The smallest absolute Gasteiger partial charge is 0.341 e. The number of carboxylic acid groups (broad SMARTS) is 1. The number of carbonyl (C=O) groups excluding carboxylic acids is 1. The molecular weight excluding hydrogens is 365 g/mol. The highest BCUT2D eigenvalue weighted by Gasteiger charge is 2.23. The highest BCUT2D eigenvalue weighted by atomic mass is 35.5. The molecule has 1 unspecified atom stereocenters. The standard InChI is InChI=1S/C15H19Cl2NO4.ClH/c1-4-9(7-18(2)3)15(21)10-5-6-11(14(17)13(10)16)22-8-12(19)20;/h5-6,9H,4,7-8H2,1-3H3,(H,19,20);1H. The minimum atomic E-state index is -1.12. The lowest BCUT2D eigenvalue weighted by molar-refractivity contribution is -0.139. The third-order valence-electron chi connectivity index (χ3n) is 3.11. The van der Waals surface area contributed by atoms with Gasteiger partial charge < -0.3 is 14.7 Å². The molecule has 0 aliphatic heterocycles. The van der Waals surface area contributed by atoms with Gasteiger partial charge in [-0.05, 0) is 32.6 Å². The van der Waals surface area contributed by atoms with Crippen molar-refractivity contribution in [2.45, 2.75) is 13.3 Å². The Morgan fingerprint density at radius 1 is 1.26 bits per heavy atom. The van der Waals surface area contributed by atoms with Crippen LogP contribution in [0.15, 0.2) is 12.1 Å². The van der Waals surface area contributed by atoms with Crippen LogP contribution in [0.1, 0.15) is 23.7 Å². The van der Waals surface area contributed by atoms with Crippen LogP contribution in [-0.4, -0.2) is 49.0 Å². The van der Waals surface area contributed by atoms with Crippen LogP contribution in [-0.2, 0) is 4.79 Å². The van der Waals surface area contributed by atoms with Crippen molar-refractivity contribution in [3.05, 3.63) is 27.7 Å². The molecule has 0 spiro atoms. The normalized spacial score (nSPS) is 11.7. The number of carboxylic acids is 1. The fraction of sp³-hybridized carbons (Fsp3) is 0.467. The zero-order valence-corrected chi connectivity index (χ0v) is 15.5. The average Bonchev–Trinajstić information content (AvgIpc) is 2.45. The molecule has 0 radical (unpaired) electrons. The number of nitrogens with zero attached hydrogens (tertiary/aromatic N) is 1. The number of Topliss-reactive ketones (excluding diaryl/α,β-unsaturated/α-hetero) is 1. The number of ketones is 1. The van der Waals surface area contributed by atoms with Gasteiger partial charge in [0.25, 0.3) is 0 Å². The molecule has 1 atom stereocenters. The van der Waals surface area contributed by atoms with E-state index in [0.29, 0.717) is 18.5 Å². The Morgan fingerprint density at radius 3 is 2.35 bits per heavy atom. The molecule has 0 bridgehead atoms. The van der Waals surface area contributed by atoms with Gasteiger partial charge in [0.2, 0.25) is 0 Å². The van der Waals surface area contributed by atoms with E-state index in [-0.39, 0.29) is 39.9 Å². The summed E-state index contributed by atoms with van der Waals surface area (Å²) in [5.41, 5.74) is 0.322. The number of hydrogen-bond acceptors (Lipinski definition) is 4. The first-order chi connectivity index (χ1) is 10.3. The lowest BCUT2D eigenvalue weighted by atomic mass is 9.94. The third kappa shape index (κ3) is 6.18. The molecule has 0 saturated carbocycles. The van der Waals surface area contributed by atoms with Crippen LogP contribution in [0.5, 0.6) is 5.75 Å². The summed E-state index contributed by atoms with van der Waals surface area (Å²) in [7, 11) is 3.79. The summed E-state index contributed by atoms with van der Waals surface area (Å²) in [6.45, 7) is 2.02. The molecule has 0 aliphatic carbocycles. The second-order valence-electron chi connectivity index (χ2n) is 5.15. The van der Waals surface area contributed by atoms with E-state index in [1.165, 1.54) is 12.1 Å². The number of hydrogen-bond donors (Lipinski definition) is 1. The predicted molar refractivity (Wildman–Crippen MR) is 93.5 cm³/mol. The lowest BCUT2D eigenvalue weighted by Gasteiger charge is -2.19. The lowest BCUT2D eigenvalue weighted by Crippen LogP contribution is -2.27. The van der Waals surface area contributed by atoms with Gasteiger partial charge in [-0.15, -0.1) is 12.4 Å². The molecule has 1 aromatic carbocycles. The molecule has 0 heterocycles. The summed E-state index contributed by atoms with van der Waals surface area (Å²) < 4.78 is 5.03. The number of benzene rings is 1. The van der Waals surface area contributed by atoms with Crippen LogP contribution in [0.25, 0.3) is 0 Å². The molecule has 23 heavy (non-hydrogen) atoms. The first-order valence-corrected chi connectivity index (χ1v) is 7.55. The fourth-order valence-electron chi connectivity index (χ4n) is 2.03. The summed E-state index contributed by atoms with van der Waals surface area (Å²) in [6, 6.07) is 2.98. The third-order valence-corrected chi connectivity index (χ3v) is 3.98. The van der Waals surface area contributed by atoms with E-state index in [2.05, 4.69) is 0 Å². The molecule has 0 aliphatic rings. The Hall–Kier alpha value is -1.01. The van der Waals surface area contributed by atoms with E-state index in [0.717, 1.165) is 0 Å². The van der Waals surface area contributed by atoms with Crippen molar-refractivity contribution in [3.63, 3.8) is 0 Å². The highest BCUT2D eigenvalue weighted by molar-refractivity contribution is 6.44. The Morgan fingerprint density at radius 2 is 1.87 bits per heavy atom. The number of carbonyl (C=O) groups is 2. The maximum absolute atomic E-state index is 12.6. The van der Waals surface area contributed by atoms with Crippen molar-refractivity contribution >= 4 is 47.4 Å². The Kier molecular flexibility index (Phi) is 9.54. The topological polar surface area (TPSA) is 66.8 Å². The van der Waals surface area contributed by atoms with Gasteiger partial charge in [-0.3, -0.25) is 4.79 Å². The Labute approximate surface area is 151 Å². The Balaban J connectivity index is 0.00000484. The van der Waals surface area contributed by atoms with Crippen LogP contribution < -0.4 is 4.74 Å². The number of ether oxygens (including phenoxy) is 1. The van der Waals surface area contributed by atoms with Crippen molar-refractivity contribution < 1.29 is 19.4 Å². The molecule has 130 valence electrons. The van der Waals surface area contributed by atoms with Crippen molar-refractivity contribution in [2.75, 3.05) is 27.2 Å². The van der Waals surface area contributed by atoms with Gasteiger partial charge in [0, 0.05) is 18.0 Å². The van der Waals surface area contributed by atoms with Crippen LogP contribution in [0.4, 0.5) is 0 Å². The van der Waals surface area contributed by atoms with Gasteiger partial charge in [0.1, 0.15) is 10.8 Å². The van der Waals surface area contributed by atoms with Gasteiger partial charge in [-0.25, -0.2) is 4.79 Å². The number of rotatable bonds is 8. The van der Waals surface area contributed by atoms with Gasteiger partial charge in [-0.2, -0.15) is 0 Å². The van der Waals surface area contributed by atoms with Crippen molar-refractivity contribution in [1.29, 1.82) is 0 Å². The average molecular weight is 385 g/mol. The molecule has 0 amide bonds. The summed E-state index contributed by atoms with van der Waals surface area (Å²) in [5.74, 6) is -1.25. The van der Waals surface area contributed by atoms with E-state index >= 15 is 0 Å². The molecule has 1 rings (SSSR count). The van der Waals surface area contributed by atoms with E-state index in [9.17, 15) is 9.59 Å². The van der Waals surface area contributed by atoms with Crippen LogP contribution >= 0.6 is 35.6 Å². The molecule has 5 nitrogen and oxygen atoms in total. The molecule has 0 saturated heterocycles. The van der Waals surface area contributed by atoms with E-state index in [1.807, 2.05) is 25.9 Å². The molecule has 8 heteroatoms. The minimum absolute atomic E-state index is 0. The van der Waals surface area contributed by atoms with Crippen LogP contribution in [0.3, 0.4) is 0 Å². The maximum atomic E-state index is 12.6. The minimum Gasteiger partial charge on any atom is -0.480 e. The second kappa shape index (κ2) is 9.98. The quantitative estimate of drug-likeness (QED) is 0.693. The van der Waals surface area contributed by atoms with Crippen LogP contribution in [0.2, 0.25) is 10.0 Å². The van der Waals surface area contributed by atoms with Crippen LogP contribution in [0, 0.1) is 5.92 Å².